The molecule has 1 heterocycles. The van der Waals surface area contributed by atoms with Gasteiger partial charge in [-0.15, -0.1) is 0 Å². The van der Waals surface area contributed by atoms with Gasteiger partial charge in [-0.05, 0) is 49.3 Å². The van der Waals surface area contributed by atoms with E-state index < -0.39 is 0 Å². The van der Waals surface area contributed by atoms with Gasteiger partial charge < -0.3 is 14.8 Å². The molecule has 3 atom stereocenters. The normalized spacial score (nSPS) is 31.4. The number of hydrogen-bond donors (Lipinski definition) is 1. The number of ether oxygens (including phenoxy) is 2. The Morgan fingerprint density at radius 1 is 1.10 bits per heavy atom. The van der Waals surface area contributed by atoms with Gasteiger partial charge in [-0.1, -0.05) is 24.4 Å². The fraction of sp³-hybridized carbons (Fsp3) is 0.647. The Hall–Kier alpha value is -0.930. The van der Waals surface area contributed by atoms with Crippen molar-refractivity contribution >= 4 is 11.6 Å². The highest BCUT2D eigenvalue weighted by Gasteiger charge is 2.54. The average molecular weight is 308 g/mol. The first-order valence-electron chi connectivity index (χ1n) is 8.06. The van der Waals surface area contributed by atoms with E-state index in [0.29, 0.717) is 19.3 Å². The molecule has 1 aromatic carbocycles. The summed E-state index contributed by atoms with van der Waals surface area (Å²) in [6.07, 6.45) is 5.55. The van der Waals surface area contributed by atoms with Crippen LogP contribution in [0.4, 0.5) is 0 Å². The van der Waals surface area contributed by atoms with Crippen molar-refractivity contribution in [3.05, 3.63) is 22.7 Å². The summed E-state index contributed by atoms with van der Waals surface area (Å²) in [7, 11) is 2.04. The van der Waals surface area contributed by atoms with Gasteiger partial charge in [0.1, 0.15) is 13.2 Å². The van der Waals surface area contributed by atoms with E-state index in [9.17, 15) is 0 Å². The lowest BCUT2D eigenvalue weighted by Crippen LogP contribution is -2.21. The third-order valence-corrected chi connectivity index (χ3v) is 5.74. The van der Waals surface area contributed by atoms with E-state index in [1.165, 1.54) is 31.2 Å². The second-order valence-corrected chi connectivity index (χ2v) is 6.88. The van der Waals surface area contributed by atoms with Crippen LogP contribution in [0.2, 0.25) is 5.02 Å². The van der Waals surface area contributed by atoms with Crippen molar-refractivity contribution in [2.45, 2.75) is 31.7 Å². The summed E-state index contributed by atoms with van der Waals surface area (Å²) >= 11 is 6.53. The van der Waals surface area contributed by atoms with Crippen LogP contribution < -0.4 is 14.8 Å². The first-order valence-corrected chi connectivity index (χ1v) is 8.43. The maximum Gasteiger partial charge on any atom is 0.162 e. The van der Waals surface area contributed by atoms with Crippen LogP contribution in [0.1, 0.15) is 37.3 Å². The van der Waals surface area contributed by atoms with Crippen LogP contribution in [0.25, 0.3) is 0 Å². The zero-order valence-corrected chi connectivity index (χ0v) is 13.2. The fourth-order valence-corrected chi connectivity index (χ4v) is 4.69. The predicted octanol–water partition coefficient (Wildman–Crippen LogP) is 3.81. The Morgan fingerprint density at radius 3 is 2.33 bits per heavy atom. The molecule has 2 saturated carbocycles. The van der Waals surface area contributed by atoms with Crippen molar-refractivity contribution in [1.29, 1.82) is 0 Å². The van der Waals surface area contributed by atoms with Crippen molar-refractivity contribution < 1.29 is 9.47 Å². The summed E-state index contributed by atoms with van der Waals surface area (Å²) < 4.78 is 11.3. The minimum absolute atomic E-state index is 0.335. The van der Waals surface area contributed by atoms with E-state index in [0.717, 1.165) is 34.3 Å². The van der Waals surface area contributed by atoms with Gasteiger partial charge in [0.05, 0.1) is 0 Å². The molecule has 4 rings (SSSR count). The molecule has 0 spiro atoms. The van der Waals surface area contributed by atoms with Gasteiger partial charge in [0, 0.05) is 17.1 Å². The van der Waals surface area contributed by atoms with E-state index in [1.54, 1.807) is 0 Å². The van der Waals surface area contributed by atoms with Crippen molar-refractivity contribution in [2.24, 2.45) is 17.8 Å². The van der Waals surface area contributed by atoms with Gasteiger partial charge in [0.2, 0.25) is 0 Å². The molecule has 3 nitrogen and oxygen atoms in total. The average Bonchev–Trinajstić information content (AvgIpc) is 3.23. The van der Waals surface area contributed by atoms with Crippen LogP contribution in [-0.2, 0) is 0 Å². The highest BCUT2D eigenvalue weighted by molar-refractivity contribution is 6.31. The van der Waals surface area contributed by atoms with Crippen LogP contribution in [0.3, 0.4) is 0 Å². The first kappa shape index (κ1) is 13.7. The largest absolute Gasteiger partial charge is 0.486 e. The van der Waals surface area contributed by atoms with Gasteiger partial charge in [0.15, 0.2) is 11.5 Å². The lowest BCUT2D eigenvalue weighted by molar-refractivity contribution is 0.171. The number of fused-ring (bicyclic) bond motifs is 2. The zero-order valence-electron chi connectivity index (χ0n) is 12.4. The van der Waals surface area contributed by atoms with E-state index in [2.05, 4.69) is 11.4 Å². The van der Waals surface area contributed by atoms with Crippen molar-refractivity contribution in [3.63, 3.8) is 0 Å². The summed E-state index contributed by atoms with van der Waals surface area (Å²) in [5.41, 5.74) is 1.17. The summed E-state index contributed by atoms with van der Waals surface area (Å²) in [6.45, 7) is 1.22. The van der Waals surface area contributed by atoms with E-state index in [4.69, 9.17) is 21.1 Å². The summed E-state index contributed by atoms with van der Waals surface area (Å²) in [5, 5.41) is 4.30. The maximum atomic E-state index is 6.53. The van der Waals surface area contributed by atoms with Crippen LogP contribution in [0.5, 0.6) is 11.5 Å². The predicted molar refractivity (Wildman–Crippen MR) is 83.2 cm³/mol. The molecule has 1 N–H and O–H groups in total. The van der Waals surface area contributed by atoms with Gasteiger partial charge in [0.25, 0.3) is 0 Å². The van der Waals surface area contributed by atoms with Crippen LogP contribution >= 0.6 is 11.6 Å². The summed E-state index contributed by atoms with van der Waals surface area (Å²) in [4.78, 5) is 0. The molecule has 0 saturated heterocycles. The molecule has 21 heavy (non-hydrogen) atoms. The smallest absolute Gasteiger partial charge is 0.162 e. The lowest BCUT2D eigenvalue weighted by atomic mass is 9.99. The molecule has 4 heteroatoms. The summed E-state index contributed by atoms with van der Waals surface area (Å²) in [6, 6.07) is 4.34. The van der Waals surface area contributed by atoms with Gasteiger partial charge in [-0.3, -0.25) is 0 Å². The maximum absolute atomic E-state index is 6.53. The van der Waals surface area contributed by atoms with Crippen molar-refractivity contribution in [3.8, 4) is 11.5 Å². The molecule has 0 amide bonds. The molecular formula is C17H22ClNO2. The first-order chi connectivity index (χ1) is 10.3. The number of nitrogens with one attached hydrogen (secondary N) is 1. The second kappa shape index (κ2) is 5.36. The Bertz CT molecular complexity index is 536. The molecule has 114 valence electrons. The molecule has 0 radical (unpaired) electrons. The zero-order chi connectivity index (χ0) is 14.4. The van der Waals surface area contributed by atoms with Gasteiger partial charge in [-0.2, -0.15) is 0 Å². The Balaban J connectivity index is 1.64. The third-order valence-electron chi connectivity index (χ3n) is 5.42. The quantitative estimate of drug-likeness (QED) is 0.921. The Labute approximate surface area is 131 Å². The molecular weight excluding hydrogens is 286 g/mol. The monoisotopic (exact) mass is 307 g/mol. The Kier molecular flexibility index (Phi) is 3.50. The fourth-order valence-electron chi connectivity index (χ4n) is 4.42. The molecule has 2 fully saturated rings. The second-order valence-electron chi connectivity index (χ2n) is 6.47. The molecule has 3 aliphatic rings. The van der Waals surface area contributed by atoms with Gasteiger partial charge >= 0.3 is 0 Å². The number of rotatable bonds is 3. The third kappa shape index (κ3) is 2.31. The standard InChI is InChI=1S/C17H22ClNO2/c1-19-17(16-10-4-2-3-5-11(10)16)12-8-14-15(9-13(12)18)21-7-6-20-14/h8-11,16-17,19H,2-7H2,1H3. The number of hydrogen-bond acceptors (Lipinski definition) is 3. The van der Waals surface area contributed by atoms with Gasteiger partial charge in [-0.25, -0.2) is 0 Å². The van der Waals surface area contributed by atoms with E-state index >= 15 is 0 Å². The number of benzene rings is 1. The van der Waals surface area contributed by atoms with Crippen LogP contribution in [0, 0.1) is 17.8 Å². The Morgan fingerprint density at radius 2 is 1.71 bits per heavy atom. The van der Waals surface area contributed by atoms with Crippen molar-refractivity contribution in [1.82, 2.24) is 5.32 Å². The molecule has 1 aliphatic heterocycles. The minimum atomic E-state index is 0.335. The molecule has 3 unspecified atom stereocenters. The minimum Gasteiger partial charge on any atom is -0.486 e. The summed E-state index contributed by atoms with van der Waals surface area (Å²) in [5.74, 6) is 4.13. The SMILES string of the molecule is CNC(c1cc2c(cc1Cl)OCCO2)C1C2CCCCC21. The van der Waals surface area contributed by atoms with E-state index in [1.807, 2.05) is 13.1 Å². The van der Waals surface area contributed by atoms with Crippen molar-refractivity contribution in [2.75, 3.05) is 20.3 Å². The lowest BCUT2D eigenvalue weighted by Gasteiger charge is -2.23. The highest BCUT2D eigenvalue weighted by atomic mass is 35.5. The van der Waals surface area contributed by atoms with Crippen LogP contribution in [0.15, 0.2) is 12.1 Å². The number of halogens is 1. The topological polar surface area (TPSA) is 30.5 Å². The molecule has 0 aromatic heterocycles. The highest BCUT2D eigenvalue weighted by Crippen LogP contribution is 2.61. The van der Waals surface area contributed by atoms with E-state index in [-0.39, 0.29) is 0 Å². The van der Waals surface area contributed by atoms with Crippen LogP contribution in [-0.4, -0.2) is 20.3 Å². The molecule has 0 bridgehead atoms. The molecule has 2 aliphatic carbocycles. The molecule has 1 aromatic rings.